The highest BCUT2D eigenvalue weighted by atomic mass is 16.6. The van der Waals surface area contributed by atoms with Crippen molar-refractivity contribution in [2.45, 2.75) is 12.8 Å². The number of nitro benzene ring substituents is 1. The topological polar surface area (TPSA) is 51.3 Å². The highest BCUT2D eigenvalue weighted by Gasteiger charge is 2.09. The quantitative estimate of drug-likeness (QED) is 0.600. The van der Waals surface area contributed by atoms with Crippen molar-refractivity contribution < 1.29 is 4.92 Å². The maximum Gasteiger partial charge on any atom is 0.271 e. The second-order valence-electron chi connectivity index (χ2n) is 5.05. The molecule has 106 valence electrons. The molecule has 0 atom stereocenters. The molecule has 1 aromatic heterocycles. The molecule has 5 heteroatoms. The fraction of sp³-hybridized carbons (Fsp3) is 0.333. The van der Waals surface area contributed by atoms with Gasteiger partial charge in [-0.25, -0.2) is 0 Å². The third-order valence-electron chi connectivity index (χ3n) is 3.19. The van der Waals surface area contributed by atoms with E-state index in [2.05, 4.69) is 25.1 Å². The average molecular weight is 273 g/mol. The van der Waals surface area contributed by atoms with Gasteiger partial charge in [0.25, 0.3) is 5.69 Å². The Balaban J connectivity index is 2.19. The zero-order chi connectivity index (χ0) is 14.5. The molecule has 0 spiro atoms. The summed E-state index contributed by atoms with van der Waals surface area (Å²) < 4.78 is 2.02. The fourth-order valence-corrected chi connectivity index (χ4v) is 2.20. The van der Waals surface area contributed by atoms with E-state index in [0.717, 1.165) is 25.1 Å². The Labute approximate surface area is 118 Å². The van der Waals surface area contributed by atoms with Crippen LogP contribution in [0.4, 0.5) is 5.69 Å². The van der Waals surface area contributed by atoms with E-state index in [-0.39, 0.29) is 10.6 Å². The average Bonchev–Trinajstić information content (AvgIpc) is 2.87. The van der Waals surface area contributed by atoms with Crippen LogP contribution in [0.5, 0.6) is 0 Å². The number of nitro groups is 1. The third-order valence-corrected chi connectivity index (χ3v) is 3.19. The van der Waals surface area contributed by atoms with E-state index >= 15 is 0 Å². The largest absolute Gasteiger partial charge is 0.321 e. The minimum absolute atomic E-state index is 0.121. The molecule has 0 saturated heterocycles. The minimum Gasteiger partial charge on any atom is -0.321 e. The van der Waals surface area contributed by atoms with Crippen molar-refractivity contribution in [3.8, 4) is 5.69 Å². The van der Waals surface area contributed by atoms with Crippen LogP contribution in [0.1, 0.15) is 12.1 Å². The van der Waals surface area contributed by atoms with Gasteiger partial charge in [-0.2, -0.15) is 0 Å². The molecule has 0 saturated carbocycles. The molecule has 0 bridgehead atoms. The molecule has 2 rings (SSSR count). The van der Waals surface area contributed by atoms with Crippen LogP contribution in [0.15, 0.2) is 42.6 Å². The summed E-state index contributed by atoms with van der Waals surface area (Å²) in [5, 5.41) is 10.8. The molecule has 5 nitrogen and oxygen atoms in total. The first-order chi connectivity index (χ1) is 9.58. The van der Waals surface area contributed by atoms with Crippen LogP contribution in [0, 0.1) is 10.1 Å². The van der Waals surface area contributed by atoms with E-state index in [1.807, 2.05) is 22.9 Å². The van der Waals surface area contributed by atoms with Crippen molar-refractivity contribution in [1.29, 1.82) is 0 Å². The van der Waals surface area contributed by atoms with Crippen LogP contribution in [0.2, 0.25) is 0 Å². The molecule has 20 heavy (non-hydrogen) atoms. The van der Waals surface area contributed by atoms with Gasteiger partial charge in [-0.15, -0.1) is 0 Å². The molecule has 0 fully saturated rings. The highest BCUT2D eigenvalue weighted by molar-refractivity contribution is 5.44. The van der Waals surface area contributed by atoms with Crippen LogP contribution in [0.3, 0.4) is 0 Å². The summed E-state index contributed by atoms with van der Waals surface area (Å²) in [6.07, 6.45) is 3.96. The molecule has 0 amide bonds. The maximum absolute atomic E-state index is 10.8. The predicted molar refractivity (Wildman–Crippen MR) is 79.3 cm³/mol. The summed E-state index contributed by atoms with van der Waals surface area (Å²) in [4.78, 5) is 12.6. The first-order valence-corrected chi connectivity index (χ1v) is 6.64. The van der Waals surface area contributed by atoms with Gasteiger partial charge in [0, 0.05) is 24.0 Å². The third kappa shape index (κ3) is 3.45. The Morgan fingerprint density at radius 3 is 2.75 bits per heavy atom. The normalized spacial score (nSPS) is 10.9. The van der Waals surface area contributed by atoms with E-state index < -0.39 is 0 Å². The van der Waals surface area contributed by atoms with Gasteiger partial charge in [0.05, 0.1) is 10.6 Å². The van der Waals surface area contributed by atoms with Crippen molar-refractivity contribution in [2.24, 2.45) is 0 Å². The van der Waals surface area contributed by atoms with Gasteiger partial charge in [-0.05, 0) is 51.7 Å². The number of non-ortho nitro benzene ring substituents is 1. The van der Waals surface area contributed by atoms with E-state index in [0.29, 0.717) is 0 Å². The van der Waals surface area contributed by atoms with Gasteiger partial charge >= 0.3 is 0 Å². The Bertz CT molecular complexity index is 590. The molecule has 2 aromatic rings. The molecule has 0 aliphatic rings. The molecular weight excluding hydrogens is 254 g/mol. The van der Waals surface area contributed by atoms with Crippen molar-refractivity contribution in [3.63, 3.8) is 0 Å². The SMILES string of the molecule is CN(C)CCCc1cccn1-c1cccc([N+](=O)[O-])c1. The fourth-order valence-electron chi connectivity index (χ4n) is 2.20. The van der Waals surface area contributed by atoms with E-state index in [4.69, 9.17) is 0 Å². The second kappa shape index (κ2) is 6.34. The van der Waals surface area contributed by atoms with E-state index in [9.17, 15) is 10.1 Å². The number of benzene rings is 1. The first kappa shape index (κ1) is 14.3. The van der Waals surface area contributed by atoms with Crippen LogP contribution in [0.25, 0.3) is 5.69 Å². The first-order valence-electron chi connectivity index (χ1n) is 6.64. The van der Waals surface area contributed by atoms with Gasteiger partial charge in [0.15, 0.2) is 0 Å². The Morgan fingerprint density at radius 2 is 2.05 bits per heavy atom. The predicted octanol–water partition coefficient (Wildman–Crippen LogP) is 2.88. The molecule has 0 aliphatic carbocycles. The van der Waals surface area contributed by atoms with Crippen molar-refractivity contribution in [1.82, 2.24) is 9.47 Å². The number of nitrogens with zero attached hydrogens (tertiary/aromatic N) is 3. The number of aromatic nitrogens is 1. The van der Waals surface area contributed by atoms with Crippen LogP contribution in [-0.4, -0.2) is 35.0 Å². The molecule has 0 N–H and O–H groups in total. The summed E-state index contributed by atoms with van der Waals surface area (Å²) in [5.74, 6) is 0. The number of hydrogen-bond donors (Lipinski definition) is 0. The zero-order valence-electron chi connectivity index (χ0n) is 11.8. The van der Waals surface area contributed by atoms with Gasteiger partial charge in [-0.3, -0.25) is 10.1 Å². The van der Waals surface area contributed by atoms with Gasteiger partial charge in [-0.1, -0.05) is 6.07 Å². The summed E-state index contributed by atoms with van der Waals surface area (Å²) in [6, 6.07) is 10.8. The summed E-state index contributed by atoms with van der Waals surface area (Å²) >= 11 is 0. The zero-order valence-corrected chi connectivity index (χ0v) is 11.8. The van der Waals surface area contributed by atoms with Crippen molar-refractivity contribution >= 4 is 5.69 Å². The molecule has 0 unspecified atom stereocenters. The van der Waals surface area contributed by atoms with Crippen molar-refractivity contribution in [3.05, 3.63) is 58.4 Å². The summed E-state index contributed by atoms with van der Waals surface area (Å²) in [7, 11) is 4.11. The highest BCUT2D eigenvalue weighted by Crippen LogP contribution is 2.19. The van der Waals surface area contributed by atoms with Gasteiger partial charge in [0.2, 0.25) is 0 Å². The van der Waals surface area contributed by atoms with Gasteiger partial charge in [0.1, 0.15) is 0 Å². The Kier molecular flexibility index (Phi) is 4.53. The number of aryl methyl sites for hydroxylation is 1. The Morgan fingerprint density at radius 1 is 1.25 bits per heavy atom. The lowest BCUT2D eigenvalue weighted by molar-refractivity contribution is -0.384. The number of hydrogen-bond acceptors (Lipinski definition) is 3. The molecule has 0 radical (unpaired) electrons. The minimum atomic E-state index is -0.362. The van der Waals surface area contributed by atoms with Crippen LogP contribution < -0.4 is 0 Å². The maximum atomic E-state index is 10.8. The summed E-state index contributed by atoms with van der Waals surface area (Å²) in [6.45, 7) is 1.03. The number of rotatable bonds is 6. The lowest BCUT2D eigenvalue weighted by atomic mass is 10.2. The van der Waals surface area contributed by atoms with Crippen molar-refractivity contribution in [2.75, 3.05) is 20.6 Å². The van der Waals surface area contributed by atoms with E-state index in [1.165, 1.54) is 11.8 Å². The van der Waals surface area contributed by atoms with E-state index in [1.54, 1.807) is 12.1 Å². The Hall–Kier alpha value is -2.14. The second-order valence-corrected chi connectivity index (χ2v) is 5.05. The molecule has 1 aromatic carbocycles. The van der Waals surface area contributed by atoms with Crippen LogP contribution in [-0.2, 0) is 6.42 Å². The molecule has 0 aliphatic heterocycles. The molecule has 1 heterocycles. The smallest absolute Gasteiger partial charge is 0.271 e. The van der Waals surface area contributed by atoms with Gasteiger partial charge < -0.3 is 9.47 Å². The standard InChI is InChI=1S/C15H19N3O2/c1-16(2)10-4-8-13-9-5-11-17(13)14-6-3-7-15(12-14)18(19)20/h3,5-7,9,11-12H,4,8,10H2,1-2H3. The lowest BCUT2D eigenvalue weighted by Crippen LogP contribution is -2.14. The summed E-state index contributed by atoms with van der Waals surface area (Å²) in [5.41, 5.74) is 2.13. The monoisotopic (exact) mass is 273 g/mol. The van der Waals surface area contributed by atoms with Crippen LogP contribution >= 0.6 is 0 Å². The molecular formula is C15H19N3O2. The lowest BCUT2D eigenvalue weighted by Gasteiger charge is -2.11.